The third kappa shape index (κ3) is 6.10. The molecule has 0 bridgehead atoms. The highest BCUT2D eigenvalue weighted by molar-refractivity contribution is 5.85. The predicted octanol–water partition coefficient (Wildman–Crippen LogP) is 2.77. The smallest absolute Gasteiger partial charge is 0.328 e. The van der Waals surface area contributed by atoms with Crippen LogP contribution < -0.4 is 0 Å². The number of carboxylic acids is 1. The normalized spacial score (nSPS) is 11.7. The number of carboxylic acid groups (broad SMARTS) is 1. The summed E-state index contributed by atoms with van der Waals surface area (Å²) in [4.78, 5) is 12.8. The Kier molecular flexibility index (Phi) is 7.72. The lowest BCUT2D eigenvalue weighted by Gasteiger charge is -2.29. The van der Waals surface area contributed by atoms with E-state index in [9.17, 15) is 9.90 Å². The van der Waals surface area contributed by atoms with E-state index in [1.165, 1.54) is 5.56 Å². The third-order valence-electron chi connectivity index (χ3n) is 3.63. The van der Waals surface area contributed by atoms with E-state index in [0.29, 0.717) is 12.6 Å². The van der Waals surface area contributed by atoms with E-state index < -0.39 is 5.97 Å². The summed E-state index contributed by atoms with van der Waals surface area (Å²) in [5.41, 5.74) is 2.04. The summed E-state index contributed by atoms with van der Waals surface area (Å²) < 4.78 is 0. The van der Waals surface area contributed by atoms with Crippen LogP contribution in [0.2, 0.25) is 0 Å². The fourth-order valence-corrected chi connectivity index (χ4v) is 2.46. The average molecular weight is 291 g/mol. The maximum absolute atomic E-state index is 10.5. The van der Waals surface area contributed by atoms with Gasteiger partial charge in [-0.1, -0.05) is 38.1 Å². The van der Waals surface area contributed by atoms with Gasteiger partial charge in [0.25, 0.3) is 0 Å². The topological polar surface area (TPSA) is 60.8 Å². The van der Waals surface area contributed by atoms with Crippen LogP contribution in [-0.2, 0) is 11.3 Å². The van der Waals surface area contributed by atoms with E-state index in [2.05, 4.69) is 18.7 Å². The summed E-state index contributed by atoms with van der Waals surface area (Å²) in [5.74, 6) is -0.943. The number of rotatable bonds is 9. The van der Waals surface area contributed by atoms with Crippen molar-refractivity contribution in [3.05, 3.63) is 41.5 Å². The standard InChI is InChI=1S/C17H25NO3/c1-3-16(4-2)18(11-12-19)13-15-7-5-14(6-8-15)9-10-17(20)21/h5-10,16,19H,3-4,11-13H2,1-2H3,(H,20,21). The van der Waals surface area contributed by atoms with Gasteiger partial charge in [-0.3, -0.25) is 4.90 Å². The van der Waals surface area contributed by atoms with E-state index in [-0.39, 0.29) is 6.61 Å². The summed E-state index contributed by atoms with van der Waals surface area (Å²) in [6.07, 6.45) is 4.85. The summed E-state index contributed by atoms with van der Waals surface area (Å²) >= 11 is 0. The van der Waals surface area contributed by atoms with Crippen LogP contribution in [0.3, 0.4) is 0 Å². The molecule has 1 aromatic carbocycles. The molecule has 0 aliphatic rings. The number of nitrogens with zero attached hydrogens (tertiary/aromatic N) is 1. The Morgan fingerprint density at radius 1 is 1.24 bits per heavy atom. The largest absolute Gasteiger partial charge is 0.478 e. The lowest BCUT2D eigenvalue weighted by molar-refractivity contribution is -0.131. The maximum atomic E-state index is 10.5. The van der Waals surface area contributed by atoms with Crippen molar-refractivity contribution in [3.63, 3.8) is 0 Å². The number of aliphatic carboxylic acids is 1. The van der Waals surface area contributed by atoms with Crippen LogP contribution in [0.15, 0.2) is 30.3 Å². The molecule has 4 nitrogen and oxygen atoms in total. The summed E-state index contributed by atoms with van der Waals surface area (Å²) in [6.45, 7) is 5.97. The Balaban J connectivity index is 2.73. The molecule has 0 amide bonds. The van der Waals surface area contributed by atoms with Crippen LogP contribution in [0.4, 0.5) is 0 Å². The lowest BCUT2D eigenvalue weighted by Crippen LogP contribution is -2.36. The molecule has 0 spiro atoms. The zero-order valence-electron chi connectivity index (χ0n) is 12.8. The van der Waals surface area contributed by atoms with E-state index in [0.717, 1.165) is 31.0 Å². The highest BCUT2D eigenvalue weighted by atomic mass is 16.4. The molecule has 0 aliphatic carbocycles. The fraction of sp³-hybridized carbons (Fsp3) is 0.471. The number of carbonyl (C=O) groups is 1. The van der Waals surface area contributed by atoms with Crippen LogP contribution in [0, 0.1) is 0 Å². The first-order valence-electron chi connectivity index (χ1n) is 7.45. The zero-order valence-corrected chi connectivity index (χ0v) is 12.8. The average Bonchev–Trinajstić information content (AvgIpc) is 2.48. The first kappa shape index (κ1) is 17.4. The summed E-state index contributed by atoms with van der Waals surface area (Å²) in [5, 5.41) is 17.8. The Hall–Kier alpha value is -1.65. The van der Waals surface area contributed by atoms with Gasteiger partial charge in [-0.15, -0.1) is 0 Å². The zero-order chi connectivity index (χ0) is 15.7. The number of aliphatic hydroxyl groups excluding tert-OH is 1. The van der Waals surface area contributed by atoms with Gasteiger partial charge >= 0.3 is 5.97 Å². The molecule has 21 heavy (non-hydrogen) atoms. The van der Waals surface area contributed by atoms with Crippen molar-refractivity contribution in [3.8, 4) is 0 Å². The van der Waals surface area contributed by atoms with Gasteiger partial charge in [-0.25, -0.2) is 4.79 Å². The first-order valence-corrected chi connectivity index (χ1v) is 7.45. The minimum atomic E-state index is -0.943. The lowest BCUT2D eigenvalue weighted by atomic mass is 10.1. The molecule has 0 radical (unpaired) electrons. The molecule has 0 saturated heterocycles. The van der Waals surface area contributed by atoms with Crippen LogP contribution >= 0.6 is 0 Å². The Bertz CT molecular complexity index is 450. The minimum absolute atomic E-state index is 0.163. The molecule has 116 valence electrons. The third-order valence-corrected chi connectivity index (χ3v) is 3.63. The maximum Gasteiger partial charge on any atom is 0.328 e. The molecule has 0 heterocycles. The minimum Gasteiger partial charge on any atom is -0.478 e. The monoisotopic (exact) mass is 291 g/mol. The van der Waals surface area contributed by atoms with E-state index in [4.69, 9.17) is 5.11 Å². The molecule has 4 heteroatoms. The summed E-state index contributed by atoms with van der Waals surface area (Å²) in [7, 11) is 0. The molecule has 0 fully saturated rings. The Morgan fingerprint density at radius 3 is 2.33 bits per heavy atom. The molecule has 0 aliphatic heterocycles. The molecule has 0 unspecified atom stereocenters. The molecule has 1 aromatic rings. The van der Waals surface area contributed by atoms with Crippen molar-refractivity contribution in [1.29, 1.82) is 0 Å². The second-order valence-electron chi connectivity index (χ2n) is 5.08. The number of hydrogen-bond acceptors (Lipinski definition) is 3. The van der Waals surface area contributed by atoms with Crippen LogP contribution in [-0.4, -0.2) is 40.3 Å². The van der Waals surface area contributed by atoms with Gasteiger partial charge < -0.3 is 10.2 Å². The van der Waals surface area contributed by atoms with Gasteiger partial charge in [0.2, 0.25) is 0 Å². The molecular formula is C17H25NO3. The number of benzene rings is 1. The van der Waals surface area contributed by atoms with Crippen LogP contribution in [0.25, 0.3) is 6.08 Å². The van der Waals surface area contributed by atoms with Crippen molar-refractivity contribution >= 4 is 12.0 Å². The van der Waals surface area contributed by atoms with E-state index in [1.54, 1.807) is 6.08 Å². The van der Waals surface area contributed by atoms with Crippen molar-refractivity contribution in [1.82, 2.24) is 4.90 Å². The second kappa shape index (κ2) is 9.32. The molecular weight excluding hydrogens is 266 g/mol. The van der Waals surface area contributed by atoms with Gasteiger partial charge in [0, 0.05) is 25.2 Å². The van der Waals surface area contributed by atoms with Gasteiger partial charge in [0.1, 0.15) is 0 Å². The number of hydrogen-bond donors (Lipinski definition) is 2. The van der Waals surface area contributed by atoms with E-state index >= 15 is 0 Å². The Labute approximate surface area is 126 Å². The van der Waals surface area contributed by atoms with Crippen molar-refractivity contribution in [2.75, 3.05) is 13.2 Å². The second-order valence-corrected chi connectivity index (χ2v) is 5.08. The molecule has 1 rings (SSSR count). The molecule has 0 saturated carbocycles. The van der Waals surface area contributed by atoms with Gasteiger partial charge in [0.15, 0.2) is 0 Å². The molecule has 2 N–H and O–H groups in total. The van der Waals surface area contributed by atoms with Crippen molar-refractivity contribution in [2.45, 2.75) is 39.3 Å². The van der Waals surface area contributed by atoms with Crippen LogP contribution in [0.1, 0.15) is 37.8 Å². The molecule has 0 atom stereocenters. The van der Waals surface area contributed by atoms with Crippen LogP contribution in [0.5, 0.6) is 0 Å². The first-order chi connectivity index (χ1) is 10.1. The quantitative estimate of drug-likeness (QED) is 0.687. The Morgan fingerprint density at radius 2 is 1.86 bits per heavy atom. The fourth-order valence-electron chi connectivity index (χ4n) is 2.46. The summed E-state index contributed by atoms with van der Waals surface area (Å²) in [6, 6.07) is 8.32. The van der Waals surface area contributed by atoms with Crippen molar-refractivity contribution in [2.24, 2.45) is 0 Å². The highest BCUT2D eigenvalue weighted by Crippen LogP contribution is 2.14. The SMILES string of the molecule is CCC(CC)N(CCO)Cc1ccc(C=CC(=O)O)cc1. The van der Waals surface area contributed by atoms with Gasteiger partial charge in [0.05, 0.1) is 6.61 Å². The van der Waals surface area contributed by atoms with E-state index in [1.807, 2.05) is 24.3 Å². The molecule has 0 aromatic heterocycles. The van der Waals surface area contributed by atoms with Gasteiger partial charge in [-0.2, -0.15) is 0 Å². The highest BCUT2D eigenvalue weighted by Gasteiger charge is 2.14. The number of aliphatic hydroxyl groups is 1. The van der Waals surface area contributed by atoms with Gasteiger partial charge in [-0.05, 0) is 30.0 Å². The predicted molar refractivity (Wildman–Crippen MR) is 85.0 cm³/mol. The van der Waals surface area contributed by atoms with Crippen molar-refractivity contribution < 1.29 is 15.0 Å².